The van der Waals surface area contributed by atoms with Gasteiger partial charge < -0.3 is 14.4 Å². The predicted octanol–water partition coefficient (Wildman–Crippen LogP) is 4.33. The molecule has 4 rings (SSSR count). The number of piperidine rings is 1. The Hall–Kier alpha value is -3.33. The summed E-state index contributed by atoms with van der Waals surface area (Å²) < 4.78 is 10.8. The van der Waals surface area contributed by atoms with Crippen LogP contribution in [0.1, 0.15) is 47.2 Å². The normalized spacial score (nSPS) is 22.3. The van der Waals surface area contributed by atoms with E-state index < -0.39 is 0 Å². The zero-order valence-electron chi connectivity index (χ0n) is 16.9. The number of Topliss-reactive ketones (excluding diaryl/α,β-unsaturated/α-hetero) is 1. The van der Waals surface area contributed by atoms with Gasteiger partial charge in [-0.1, -0.05) is 30.3 Å². The molecule has 2 fully saturated rings. The van der Waals surface area contributed by atoms with E-state index in [1.807, 2.05) is 35.2 Å². The molecule has 0 spiro atoms. The third-order valence-corrected chi connectivity index (χ3v) is 6.13. The number of carbonyl (C=O) groups excluding carboxylic acids is 2. The van der Waals surface area contributed by atoms with E-state index in [0.29, 0.717) is 29.7 Å². The van der Waals surface area contributed by atoms with Crippen molar-refractivity contribution in [3.05, 3.63) is 65.2 Å². The van der Waals surface area contributed by atoms with E-state index in [9.17, 15) is 14.9 Å². The van der Waals surface area contributed by atoms with Gasteiger partial charge in [0.2, 0.25) is 0 Å². The number of carbonyl (C=O) groups is 2. The molecule has 1 amide bonds. The van der Waals surface area contributed by atoms with Crippen molar-refractivity contribution in [2.24, 2.45) is 5.92 Å². The standard InChI is InChI=1S/C24H24N2O4/c1-29-21-10-7-17(14-25)22(13-21)23(27)18-11-19-8-9-20(12-18)26(19)24(28)30-15-16-5-3-2-4-6-16/h2-7,10,13,18-20H,8-9,11-12,15H2,1H3. The van der Waals surface area contributed by atoms with Gasteiger partial charge >= 0.3 is 6.09 Å². The Morgan fingerprint density at radius 1 is 1.10 bits per heavy atom. The van der Waals surface area contributed by atoms with Crippen molar-refractivity contribution in [2.45, 2.75) is 44.4 Å². The van der Waals surface area contributed by atoms with Crippen molar-refractivity contribution < 1.29 is 19.1 Å². The van der Waals surface area contributed by atoms with Crippen LogP contribution in [0.2, 0.25) is 0 Å². The first-order valence-corrected chi connectivity index (χ1v) is 10.2. The zero-order chi connectivity index (χ0) is 21.1. The number of fused-ring (bicyclic) bond motifs is 2. The first-order valence-electron chi connectivity index (χ1n) is 10.2. The van der Waals surface area contributed by atoms with Crippen LogP contribution >= 0.6 is 0 Å². The van der Waals surface area contributed by atoms with E-state index in [2.05, 4.69) is 6.07 Å². The molecule has 2 aromatic rings. The van der Waals surface area contributed by atoms with Crippen LogP contribution in [0.4, 0.5) is 4.79 Å². The lowest BCUT2D eigenvalue weighted by molar-refractivity contribution is 0.0485. The Morgan fingerprint density at radius 3 is 2.43 bits per heavy atom. The molecule has 0 aliphatic carbocycles. The average Bonchev–Trinajstić information content (AvgIpc) is 3.06. The Bertz CT molecular complexity index is 968. The highest BCUT2D eigenvalue weighted by Crippen LogP contribution is 2.40. The second-order valence-corrected chi connectivity index (χ2v) is 7.89. The zero-order valence-corrected chi connectivity index (χ0v) is 16.9. The third kappa shape index (κ3) is 3.88. The maximum absolute atomic E-state index is 13.2. The Balaban J connectivity index is 1.44. The van der Waals surface area contributed by atoms with Gasteiger partial charge in [-0.15, -0.1) is 0 Å². The number of hydrogen-bond donors (Lipinski definition) is 0. The lowest BCUT2D eigenvalue weighted by Crippen LogP contribution is -2.48. The van der Waals surface area contributed by atoms with Crippen molar-refractivity contribution >= 4 is 11.9 Å². The molecule has 2 aromatic carbocycles. The molecule has 2 aliphatic heterocycles. The van der Waals surface area contributed by atoms with Crippen molar-refractivity contribution in [3.63, 3.8) is 0 Å². The third-order valence-electron chi connectivity index (χ3n) is 6.13. The van der Waals surface area contributed by atoms with E-state index in [0.717, 1.165) is 18.4 Å². The minimum atomic E-state index is -0.309. The van der Waals surface area contributed by atoms with E-state index >= 15 is 0 Å². The van der Waals surface area contributed by atoms with Crippen LogP contribution in [-0.2, 0) is 11.3 Å². The van der Waals surface area contributed by atoms with E-state index in [4.69, 9.17) is 9.47 Å². The molecule has 2 unspecified atom stereocenters. The lowest BCUT2D eigenvalue weighted by Gasteiger charge is -2.37. The van der Waals surface area contributed by atoms with Gasteiger partial charge in [0.25, 0.3) is 0 Å². The van der Waals surface area contributed by atoms with Gasteiger partial charge in [0.1, 0.15) is 12.4 Å². The minimum absolute atomic E-state index is 0.00267. The largest absolute Gasteiger partial charge is 0.497 e. The van der Waals surface area contributed by atoms with Crippen LogP contribution in [0.25, 0.3) is 0 Å². The number of rotatable bonds is 5. The Kier molecular flexibility index (Phi) is 5.71. The number of ether oxygens (including phenoxy) is 2. The molecule has 2 aliphatic rings. The summed E-state index contributed by atoms with van der Waals surface area (Å²) in [7, 11) is 1.54. The van der Waals surface area contributed by atoms with Crippen LogP contribution in [0.5, 0.6) is 5.75 Å². The van der Waals surface area contributed by atoms with Gasteiger partial charge in [-0.25, -0.2) is 4.79 Å². The molecule has 6 nitrogen and oxygen atoms in total. The predicted molar refractivity (Wildman–Crippen MR) is 110 cm³/mol. The molecular formula is C24H24N2O4. The smallest absolute Gasteiger partial charge is 0.410 e. The molecule has 0 N–H and O–H groups in total. The second kappa shape index (κ2) is 8.58. The molecule has 2 saturated heterocycles. The average molecular weight is 404 g/mol. The summed E-state index contributed by atoms with van der Waals surface area (Å²) in [6.07, 6.45) is 2.63. The van der Waals surface area contributed by atoms with E-state index in [1.165, 1.54) is 7.11 Å². The molecular weight excluding hydrogens is 380 g/mol. The highest BCUT2D eigenvalue weighted by Gasteiger charge is 2.46. The molecule has 154 valence electrons. The summed E-state index contributed by atoms with van der Waals surface area (Å²) in [5.74, 6) is 0.307. The van der Waals surface area contributed by atoms with Gasteiger partial charge in [-0.3, -0.25) is 4.79 Å². The summed E-state index contributed by atoms with van der Waals surface area (Å²) in [4.78, 5) is 27.8. The Morgan fingerprint density at radius 2 is 1.80 bits per heavy atom. The van der Waals surface area contributed by atoms with Gasteiger partial charge in [0, 0.05) is 23.6 Å². The summed E-state index contributed by atoms with van der Waals surface area (Å²) in [6.45, 7) is 0.243. The van der Waals surface area contributed by atoms with Gasteiger partial charge in [0.05, 0.1) is 18.7 Å². The molecule has 0 radical (unpaired) electrons. The summed E-state index contributed by atoms with van der Waals surface area (Å²) >= 11 is 0. The van der Waals surface area contributed by atoms with Gasteiger partial charge in [-0.2, -0.15) is 5.26 Å². The number of methoxy groups -OCH3 is 1. The number of nitriles is 1. The van der Waals surface area contributed by atoms with Crippen molar-refractivity contribution in [3.8, 4) is 11.8 Å². The van der Waals surface area contributed by atoms with Gasteiger partial charge in [-0.05, 0) is 49.4 Å². The molecule has 0 saturated carbocycles. The maximum atomic E-state index is 13.2. The number of ketones is 1. The lowest BCUT2D eigenvalue weighted by atomic mass is 9.83. The number of benzene rings is 2. The molecule has 30 heavy (non-hydrogen) atoms. The van der Waals surface area contributed by atoms with Crippen molar-refractivity contribution in [1.29, 1.82) is 5.26 Å². The van der Waals surface area contributed by atoms with Crippen LogP contribution in [0.3, 0.4) is 0 Å². The van der Waals surface area contributed by atoms with Crippen molar-refractivity contribution in [2.75, 3.05) is 7.11 Å². The summed E-state index contributed by atoms with van der Waals surface area (Å²) in [6, 6.07) is 16.6. The molecule has 2 heterocycles. The fourth-order valence-electron chi connectivity index (χ4n) is 4.65. The molecule has 2 bridgehead atoms. The summed E-state index contributed by atoms with van der Waals surface area (Å²) in [5, 5.41) is 9.40. The highest BCUT2D eigenvalue weighted by molar-refractivity contribution is 6.00. The minimum Gasteiger partial charge on any atom is -0.497 e. The fourth-order valence-corrected chi connectivity index (χ4v) is 4.65. The second-order valence-electron chi connectivity index (χ2n) is 7.89. The van der Waals surface area contributed by atoms with Gasteiger partial charge in [0.15, 0.2) is 5.78 Å². The van der Waals surface area contributed by atoms with Crippen LogP contribution in [0.15, 0.2) is 48.5 Å². The molecule has 2 atom stereocenters. The SMILES string of the molecule is COc1ccc(C#N)c(C(=O)C2CC3CCC(C2)N3C(=O)OCc2ccccc2)c1. The topological polar surface area (TPSA) is 79.6 Å². The van der Waals surface area contributed by atoms with Crippen LogP contribution in [0, 0.1) is 17.2 Å². The summed E-state index contributed by atoms with van der Waals surface area (Å²) in [5.41, 5.74) is 1.71. The molecule has 0 aromatic heterocycles. The fraction of sp³-hybridized carbons (Fsp3) is 0.375. The quantitative estimate of drug-likeness (QED) is 0.693. The number of amides is 1. The maximum Gasteiger partial charge on any atom is 0.410 e. The van der Waals surface area contributed by atoms with Crippen LogP contribution < -0.4 is 4.74 Å². The Labute approximate surface area is 176 Å². The van der Waals surface area contributed by atoms with E-state index in [1.54, 1.807) is 18.2 Å². The monoisotopic (exact) mass is 404 g/mol. The number of hydrogen-bond acceptors (Lipinski definition) is 5. The highest BCUT2D eigenvalue weighted by atomic mass is 16.6. The first-order chi connectivity index (χ1) is 14.6. The number of nitrogens with zero attached hydrogens (tertiary/aromatic N) is 2. The van der Waals surface area contributed by atoms with Crippen LogP contribution in [-0.4, -0.2) is 36.0 Å². The van der Waals surface area contributed by atoms with Crippen molar-refractivity contribution in [1.82, 2.24) is 4.90 Å². The molecule has 6 heteroatoms. The first kappa shape index (κ1) is 20.0. The van der Waals surface area contributed by atoms with E-state index in [-0.39, 0.29) is 36.5 Å².